The fourth-order valence-corrected chi connectivity index (χ4v) is 3.09. The molecule has 0 saturated carbocycles. The van der Waals surface area contributed by atoms with Crippen molar-refractivity contribution in [3.63, 3.8) is 0 Å². The van der Waals surface area contributed by atoms with Gasteiger partial charge in [-0.2, -0.15) is 0 Å². The molecule has 2 rings (SSSR count). The summed E-state index contributed by atoms with van der Waals surface area (Å²) in [6, 6.07) is 10.3. The van der Waals surface area contributed by atoms with Gasteiger partial charge in [0.15, 0.2) is 0 Å². The van der Waals surface area contributed by atoms with E-state index in [4.69, 9.17) is 0 Å². The Labute approximate surface area is 158 Å². The van der Waals surface area contributed by atoms with Gasteiger partial charge in [-0.1, -0.05) is 61.2 Å². The van der Waals surface area contributed by atoms with Crippen molar-refractivity contribution in [2.45, 2.75) is 19.3 Å². The van der Waals surface area contributed by atoms with Crippen LogP contribution in [0.15, 0.2) is 66.8 Å². The van der Waals surface area contributed by atoms with Crippen LogP contribution in [-0.4, -0.2) is 48.9 Å². The van der Waals surface area contributed by atoms with E-state index in [1.165, 1.54) is 5.56 Å². The summed E-state index contributed by atoms with van der Waals surface area (Å²) in [6.07, 6.45) is 8.40. The van der Waals surface area contributed by atoms with Crippen molar-refractivity contribution in [1.29, 1.82) is 0 Å². The first-order valence-electron chi connectivity index (χ1n) is 8.62. The van der Waals surface area contributed by atoms with E-state index in [-0.39, 0.29) is 24.2 Å². The van der Waals surface area contributed by atoms with E-state index in [0.29, 0.717) is 6.42 Å². The number of hydrogen-bond donors (Lipinski definition) is 0. The van der Waals surface area contributed by atoms with Crippen LogP contribution in [0.25, 0.3) is 0 Å². The molecule has 0 bridgehead atoms. The second kappa shape index (κ2) is 10.9. The van der Waals surface area contributed by atoms with Gasteiger partial charge in [-0.25, -0.2) is 0 Å². The van der Waals surface area contributed by atoms with Crippen LogP contribution in [0.1, 0.15) is 24.8 Å². The Bertz CT molecular complexity index is 602. The predicted octanol–water partition coefficient (Wildman–Crippen LogP) is 4.04. The van der Waals surface area contributed by atoms with E-state index < -0.39 is 0 Å². The molecule has 1 aromatic carbocycles. The number of amides is 1. The minimum atomic E-state index is 0. The molecule has 3 nitrogen and oxygen atoms in total. The van der Waals surface area contributed by atoms with Crippen LogP contribution in [0.4, 0.5) is 0 Å². The number of benzene rings is 1. The molecule has 1 heterocycles. The monoisotopic (exact) mass is 360 g/mol. The zero-order chi connectivity index (χ0) is 17.4. The van der Waals surface area contributed by atoms with Gasteiger partial charge < -0.3 is 9.80 Å². The molecule has 1 amide bonds. The zero-order valence-electron chi connectivity index (χ0n) is 15.2. The normalized spacial score (nSPS) is 17.2. The number of nitrogens with zero attached hydrogens (tertiary/aromatic N) is 2. The van der Waals surface area contributed by atoms with Gasteiger partial charge in [-0.3, -0.25) is 4.79 Å². The molecular weight excluding hydrogens is 332 g/mol. The maximum Gasteiger partial charge on any atom is 0.223 e. The van der Waals surface area contributed by atoms with Crippen LogP contribution in [0.5, 0.6) is 0 Å². The molecule has 4 heteroatoms. The minimum absolute atomic E-state index is 0. The van der Waals surface area contributed by atoms with Crippen molar-refractivity contribution in [3.8, 4) is 0 Å². The second-order valence-electron chi connectivity index (χ2n) is 6.25. The molecule has 25 heavy (non-hydrogen) atoms. The van der Waals surface area contributed by atoms with Gasteiger partial charge in [0.2, 0.25) is 5.91 Å². The average molecular weight is 361 g/mol. The highest BCUT2D eigenvalue weighted by atomic mass is 35.5. The van der Waals surface area contributed by atoms with E-state index in [0.717, 1.165) is 31.8 Å². The Kier molecular flexibility index (Phi) is 9.25. The van der Waals surface area contributed by atoms with Crippen molar-refractivity contribution >= 4 is 18.3 Å². The third-order valence-electron chi connectivity index (χ3n) is 4.51. The van der Waals surface area contributed by atoms with Gasteiger partial charge in [0.25, 0.3) is 0 Å². The summed E-state index contributed by atoms with van der Waals surface area (Å²) in [5.74, 6) is 0.295. The van der Waals surface area contributed by atoms with Gasteiger partial charge in [0, 0.05) is 38.5 Å². The standard InChI is InChI=1S/C21H28N2O.ClH/c1-4-9-18(10-5-2)20(19-11-7-6-8-12-19)17-21(24)23-15-13-22(3)14-16-23;/h4-12,20H,1,13-17H2,2-3H3;1H/b10-5-,18-9+;. The summed E-state index contributed by atoms with van der Waals surface area (Å²) in [5, 5.41) is 0. The lowest BCUT2D eigenvalue weighted by atomic mass is 9.87. The van der Waals surface area contributed by atoms with Gasteiger partial charge in [0.05, 0.1) is 0 Å². The van der Waals surface area contributed by atoms with Crippen molar-refractivity contribution in [2.75, 3.05) is 33.2 Å². The minimum Gasteiger partial charge on any atom is -0.340 e. The zero-order valence-corrected chi connectivity index (χ0v) is 16.0. The highest BCUT2D eigenvalue weighted by Gasteiger charge is 2.24. The maximum atomic E-state index is 12.8. The number of halogens is 1. The quantitative estimate of drug-likeness (QED) is 0.714. The lowest BCUT2D eigenvalue weighted by Gasteiger charge is -2.33. The largest absolute Gasteiger partial charge is 0.340 e. The predicted molar refractivity (Wildman–Crippen MR) is 108 cm³/mol. The highest BCUT2D eigenvalue weighted by Crippen LogP contribution is 2.30. The summed E-state index contributed by atoms with van der Waals surface area (Å²) in [7, 11) is 2.10. The molecule has 1 fully saturated rings. The first-order valence-corrected chi connectivity index (χ1v) is 8.62. The Morgan fingerprint density at radius 1 is 1.20 bits per heavy atom. The van der Waals surface area contributed by atoms with Crippen molar-refractivity contribution in [3.05, 3.63) is 72.4 Å². The fraction of sp³-hybridized carbons (Fsp3) is 0.381. The fourth-order valence-electron chi connectivity index (χ4n) is 3.09. The van der Waals surface area contributed by atoms with Crippen molar-refractivity contribution in [1.82, 2.24) is 9.80 Å². The van der Waals surface area contributed by atoms with Gasteiger partial charge in [-0.05, 0) is 25.1 Å². The SMILES string of the molecule is C=C/C=C(\C=C/C)C(CC(=O)N1CCN(C)CC1)c1ccccc1.Cl. The molecule has 0 radical (unpaired) electrons. The molecule has 0 N–H and O–H groups in total. The van der Waals surface area contributed by atoms with Gasteiger partial charge in [-0.15, -0.1) is 12.4 Å². The Morgan fingerprint density at radius 2 is 1.84 bits per heavy atom. The molecule has 0 spiro atoms. The second-order valence-corrected chi connectivity index (χ2v) is 6.25. The summed E-state index contributed by atoms with van der Waals surface area (Å²) in [5.41, 5.74) is 2.30. The van der Waals surface area contributed by atoms with Gasteiger partial charge in [0.1, 0.15) is 0 Å². The topological polar surface area (TPSA) is 23.6 Å². The van der Waals surface area contributed by atoms with Crippen LogP contribution in [0.2, 0.25) is 0 Å². The van der Waals surface area contributed by atoms with Crippen molar-refractivity contribution < 1.29 is 4.79 Å². The molecule has 1 aromatic rings. The lowest BCUT2D eigenvalue weighted by molar-refractivity contribution is -0.133. The first-order chi connectivity index (χ1) is 11.7. The molecule has 1 aliphatic rings. The molecular formula is C21H29ClN2O. The number of likely N-dealkylation sites (N-methyl/N-ethyl adjacent to an activating group) is 1. The summed E-state index contributed by atoms with van der Waals surface area (Å²) >= 11 is 0. The maximum absolute atomic E-state index is 12.8. The van der Waals surface area contributed by atoms with Crippen LogP contribution in [0.3, 0.4) is 0 Å². The average Bonchev–Trinajstić information content (AvgIpc) is 2.61. The van der Waals surface area contributed by atoms with E-state index in [9.17, 15) is 4.79 Å². The van der Waals surface area contributed by atoms with E-state index in [2.05, 4.69) is 36.7 Å². The molecule has 1 saturated heterocycles. The van der Waals surface area contributed by atoms with E-state index in [1.807, 2.05) is 42.2 Å². The number of allylic oxidation sites excluding steroid dienone is 5. The molecule has 0 aromatic heterocycles. The molecule has 136 valence electrons. The number of carbonyl (C=O) groups is 1. The third kappa shape index (κ3) is 6.18. The van der Waals surface area contributed by atoms with Crippen LogP contribution in [0, 0.1) is 0 Å². The molecule has 1 unspecified atom stereocenters. The van der Waals surface area contributed by atoms with Crippen LogP contribution in [-0.2, 0) is 4.79 Å². The smallest absolute Gasteiger partial charge is 0.223 e. The number of piperazine rings is 1. The summed E-state index contributed by atoms with van der Waals surface area (Å²) < 4.78 is 0. The van der Waals surface area contributed by atoms with E-state index in [1.54, 1.807) is 6.08 Å². The lowest BCUT2D eigenvalue weighted by Crippen LogP contribution is -2.47. The molecule has 1 atom stereocenters. The first kappa shape index (κ1) is 21.2. The molecule has 0 aliphatic carbocycles. The third-order valence-corrected chi connectivity index (χ3v) is 4.51. The Balaban J connectivity index is 0.00000312. The highest BCUT2D eigenvalue weighted by molar-refractivity contribution is 5.85. The van der Waals surface area contributed by atoms with E-state index >= 15 is 0 Å². The summed E-state index contributed by atoms with van der Waals surface area (Å²) in [4.78, 5) is 17.1. The van der Waals surface area contributed by atoms with Crippen LogP contribution < -0.4 is 0 Å². The van der Waals surface area contributed by atoms with Crippen LogP contribution >= 0.6 is 12.4 Å². The number of hydrogen-bond acceptors (Lipinski definition) is 2. The van der Waals surface area contributed by atoms with Crippen molar-refractivity contribution in [2.24, 2.45) is 0 Å². The summed E-state index contributed by atoms with van der Waals surface area (Å²) in [6.45, 7) is 9.37. The number of rotatable bonds is 6. The Hall–Kier alpha value is -1.84. The van der Waals surface area contributed by atoms with Gasteiger partial charge >= 0.3 is 0 Å². The number of carbonyl (C=O) groups excluding carboxylic acids is 1. The molecule has 1 aliphatic heterocycles. The Morgan fingerprint density at radius 3 is 2.40 bits per heavy atom.